The van der Waals surface area contributed by atoms with Gasteiger partial charge in [-0.15, -0.1) is 19.8 Å². The highest BCUT2D eigenvalue weighted by Gasteiger charge is 2.33. The van der Waals surface area contributed by atoms with Crippen molar-refractivity contribution in [3.63, 3.8) is 0 Å². The first-order valence-corrected chi connectivity index (χ1v) is 6.42. The number of carbonyl (C=O) groups is 1. The third-order valence-electron chi connectivity index (χ3n) is 2.61. The van der Waals surface area contributed by atoms with Gasteiger partial charge in [-0.3, -0.25) is 14.8 Å². The van der Waals surface area contributed by atoms with Gasteiger partial charge in [0.25, 0.3) is 0 Å². The van der Waals surface area contributed by atoms with Crippen molar-refractivity contribution >= 4 is 5.91 Å². The molecule has 0 aliphatic rings. The molecule has 0 rings (SSSR count). The maximum Gasteiger partial charge on any atom is 0.524 e. The average molecular weight is 306 g/mol. The zero-order chi connectivity index (χ0) is 16.5. The minimum atomic E-state index is -4.77. The Morgan fingerprint density at radius 1 is 1.43 bits per heavy atom. The van der Waals surface area contributed by atoms with Crippen LogP contribution in [0.25, 0.3) is 0 Å². The minimum absolute atomic E-state index is 0.0698. The normalized spacial score (nSPS) is 13.7. The maximum atomic E-state index is 12.2. The van der Waals surface area contributed by atoms with Crippen LogP contribution >= 0.6 is 0 Å². The summed E-state index contributed by atoms with van der Waals surface area (Å²) in [7, 11) is 1.55. The fourth-order valence-electron chi connectivity index (χ4n) is 1.57. The molecule has 0 aromatic rings. The molecule has 1 unspecified atom stereocenters. The summed E-state index contributed by atoms with van der Waals surface area (Å²) in [6.07, 6.45) is -1.08. The van der Waals surface area contributed by atoms with E-state index in [2.05, 4.69) is 23.2 Å². The van der Waals surface area contributed by atoms with Gasteiger partial charge in [-0.1, -0.05) is 25.7 Å². The van der Waals surface area contributed by atoms with Crippen LogP contribution in [0.5, 0.6) is 0 Å². The van der Waals surface area contributed by atoms with E-state index in [1.54, 1.807) is 19.2 Å². The first-order chi connectivity index (χ1) is 9.75. The first-order valence-electron chi connectivity index (χ1n) is 6.42. The molecular weight excluding hydrogens is 285 g/mol. The Morgan fingerprint density at radius 2 is 2.05 bits per heavy atom. The highest BCUT2D eigenvalue weighted by molar-refractivity contribution is 5.79. The number of alkyl halides is 3. The van der Waals surface area contributed by atoms with Gasteiger partial charge >= 0.3 is 6.36 Å². The minimum Gasteiger partial charge on any atom is -0.318 e. The van der Waals surface area contributed by atoms with Gasteiger partial charge in [-0.05, 0) is 12.5 Å². The zero-order valence-electron chi connectivity index (χ0n) is 12.2. The van der Waals surface area contributed by atoms with E-state index >= 15 is 0 Å². The molecule has 1 atom stereocenters. The van der Waals surface area contributed by atoms with Crippen LogP contribution in [-0.4, -0.2) is 37.0 Å². The van der Waals surface area contributed by atoms with Gasteiger partial charge in [0.05, 0.1) is 6.54 Å². The molecule has 0 aliphatic carbocycles. The number of allylic oxidation sites excluding steroid dienone is 3. The van der Waals surface area contributed by atoms with E-state index in [1.807, 2.05) is 6.92 Å². The smallest absolute Gasteiger partial charge is 0.318 e. The van der Waals surface area contributed by atoms with Crippen molar-refractivity contribution in [2.75, 3.05) is 13.6 Å². The van der Waals surface area contributed by atoms with E-state index in [9.17, 15) is 18.0 Å². The van der Waals surface area contributed by atoms with Crippen molar-refractivity contribution < 1.29 is 22.7 Å². The van der Waals surface area contributed by atoms with E-state index in [-0.39, 0.29) is 18.9 Å². The number of ether oxygens (including phenoxy) is 1. The number of carbonyl (C=O) groups excluding carboxylic acids is 1. The topological polar surface area (TPSA) is 41.6 Å². The number of rotatable bonds is 9. The fraction of sp³-hybridized carbons (Fsp3) is 0.500. The molecule has 0 fully saturated rings. The van der Waals surface area contributed by atoms with E-state index in [0.717, 1.165) is 0 Å². The van der Waals surface area contributed by atoms with Crippen LogP contribution in [0, 0.1) is 0 Å². The predicted molar refractivity (Wildman–Crippen MR) is 75.1 cm³/mol. The molecule has 1 N–H and O–H groups in total. The van der Waals surface area contributed by atoms with Crippen molar-refractivity contribution in [3.8, 4) is 0 Å². The molecule has 0 radical (unpaired) electrons. The molecule has 0 aliphatic heterocycles. The summed E-state index contributed by atoms with van der Waals surface area (Å²) in [5.74, 6) is -0.371. The Morgan fingerprint density at radius 3 is 2.48 bits per heavy atom. The second kappa shape index (κ2) is 9.36. The molecule has 120 valence electrons. The average Bonchev–Trinajstić information content (AvgIpc) is 2.39. The van der Waals surface area contributed by atoms with Gasteiger partial charge in [0.2, 0.25) is 5.91 Å². The summed E-state index contributed by atoms with van der Waals surface area (Å²) < 4.78 is 40.4. The van der Waals surface area contributed by atoms with Crippen LogP contribution in [0.1, 0.15) is 19.8 Å². The Kier molecular flexibility index (Phi) is 8.64. The molecule has 0 heterocycles. The highest BCUT2D eigenvalue weighted by atomic mass is 19.4. The lowest BCUT2D eigenvalue weighted by Gasteiger charge is -2.23. The van der Waals surface area contributed by atoms with E-state index in [4.69, 9.17) is 0 Å². The number of halogens is 3. The number of hydrogen-bond donors (Lipinski definition) is 1. The molecule has 1 amide bonds. The second-order valence-electron chi connectivity index (χ2n) is 4.16. The number of hydrogen-bond acceptors (Lipinski definition) is 3. The van der Waals surface area contributed by atoms with Crippen LogP contribution in [0.15, 0.2) is 37.1 Å². The Bertz CT molecular complexity index is 392. The molecule has 0 saturated heterocycles. The van der Waals surface area contributed by atoms with Crippen molar-refractivity contribution in [1.29, 1.82) is 0 Å². The summed E-state index contributed by atoms with van der Waals surface area (Å²) in [6.45, 7) is 8.48. The summed E-state index contributed by atoms with van der Waals surface area (Å²) in [6, 6.07) is 0. The first kappa shape index (κ1) is 19.4. The van der Waals surface area contributed by atoms with E-state index in [1.165, 1.54) is 11.0 Å². The van der Waals surface area contributed by atoms with Crippen LogP contribution in [0.4, 0.5) is 13.2 Å². The second-order valence-corrected chi connectivity index (χ2v) is 4.16. The molecular formula is C14H21F3N2O2. The molecule has 0 aromatic heterocycles. The van der Waals surface area contributed by atoms with Gasteiger partial charge in [0.15, 0.2) is 0 Å². The quantitative estimate of drug-likeness (QED) is 0.404. The fourth-order valence-corrected chi connectivity index (χ4v) is 1.57. The van der Waals surface area contributed by atoms with Gasteiger partial charge in [0, 0.05) is 19.2 Å². The summed E-state index contributed by atoms with van der Waals surface area (Å²) >= 11 is 0. The van der Waals surface area contributed by atoms with Crippen LogP contribution < -0.4 is 5.32 Å². The highest BCUT2D eigenvalue weighted by Crippen LogP contribution is 2.19. The number of amides is 1. The monoisotopic (exact) mass is 306 g/mol. The van der Waals surface area contributed by atoms with Crippen molar-refractivity contribution in [3.05, 3.63) is 37.1 Å². The third-order valence-corrected chi connectivity index (χ3v) is 2.61. The standard InChI is InChI=1S/C14H21F3N2O2/c1-5-8-11(7-3)19(4)13(20)10-18-12(9-6-2)21-14(15,16)17/h5-6,8,12,18H,1-2,7,9-10H2,3-4H3/b11-8+. The maximum absolute atomic E-state index is 12.2. The Hall–Kier alpha value is -1.60. The summed E-state index contributed by atoms with van der Waals surface area (Å²) in [5.41, 5.74) is 0.716. The number of nitrogens with zero attached hydrogens (tertiary/aromatic N) is 1. The van der Waals surface area contributed by atoms with E-state index in [0.29, 0.717) is 12.1 Å². The molecule has 21 heavy (non-hydrogen) atoms. The summed E-state index contributed by atoms with van der Waals surface area (Å²) in [5, 5.41) is 2.42. The lowest BCUT2D eigenvalue weighted by atomic mass is 10.2. The number of likely N-dealkylation sites (N-methyl/N-ethyl adjacent to an activating group) is 1. The molecule has 0 bridgehead atoms. The van der Waals surface area contributed by atoms with Crippen molar-refractivity contribution in [1.82, 2.24) is 10.2 Å². The van der Waals surface area contributed by atoms with Crippen LogP contribution in [0.2, 0.25) is 0 Å². The zero-order valence-corrected chi connectivity index (χ0v) is 12.2. The third kappa shape index (κ3) is 8.31. The summed E-state index contributed by atoms with van der Waals surface area (Å²) in [4.78, 5) is 13.3. The van der Waals surface area contributed by atoms with Crippen molar-refractivity contribution in [2.45, 2.75) is 32.4 Å². The van der Waals surface area contributed by atoms with E-state index < -0.39 is 12.6 Å². The molecule has 0 saturated carbocycles. The van der Waals surface area contributed by atoms with Gasteiger partial charge < -0.3 is 4.90 Å². The molecule has 0 spiro atoms. The van der Waals surface area contributed by atoms with Crippen molar-refractivity contribution in [2.24, 2.45) is 0 Å². The van der Waals surface area contributed by atoms with Gasteiger partial charge in [0.1, 0.15) is 6.23 Å². The molecule has 4 nitrogen and oxygen atoms in total. The van der Waals surface area contributed by atoms with Crippen LogP contribution in [0.3, 0.4) is 0 Å². The molecule has 7 heteroatoms. The lowest BCUT2D eigenvalue weighted by Crippen LogP contribution is -2.42. The Labute approximate surface area is 122 Å². The largest absolute Gasteiger partial charge is 0.524 e. The SMILES string of the molecule is C=C/C=C(\CC)N(C)C(=O)CNC(CC=C)OC(F)(F)F. The number of nitrogens with one attached hydrogen (secondary N) is 1. The van der Waals surface area contributed by atoms with Crippen LogP contribution in [-0.2, 0) is 9.53 Å². The predicted octanol–water partition coefficient (Wildman–Crippen LogP) is 2.95. The Balaban J connectivity index is 4.58. The van der Waals surface area contributed by atoms with Gasteiger partial charge in [-0.2, -0.15) is 0 Å². The lowest BCUT2D eigenvalue weighted by molar-refractivity contribution is -0.345. The van der Waals surface area contributed by atoms with Gasteiger partial charge in [-0.25, -0.2) is 0 Å². The molecule has 0 aromatic carbocycles.